The molecule has 0 radical (unpaired) electrons. The summed E-state index contributed by atoms with van der Waals surface area (Å²) in [5.74, 6) is 2.82. The van der Waals surface area contributed by atoms with Gasteiger partial charge in [-0.1, -0.05) is 13.0 Å². The van der Waals surface area contributed by atoms with Crippen LogP contribution >= 0.6 is 11.8 Å². The number of rotatable bonds is 5. The maximum Gasteiger partial charge on any atom is 0.214 e. The van der Waals surface area contributed by atoms with E-state index in [9.17, 15) is 0 Å². The molecule has 94 valence electrons. The third-order valence-corrected chi connectivity index (χ3v) is 4.30. The van der Waals surface area contributed by atoms with Gasteiger partial charge in [0.05, 0.1) is 7.11 Å². The maximum absolute atomic E-state index is 5.12. The molecule has 2 rings (SSSR count). The van der Waals surface area contributed by atoms with Gasteiger partial charge >= 0.3 is 0 Å². The Kier molecular flexibility index (Phi) is 4.54. The lowest BCUT2D eigenvalue weighted by Gasteiger charge is -2.14. The summed E-state index contributed by atoms with van der Waals surface area (Å²) < 4.78 is 5.12. The number of methoxy groups -OCH3 is 1. The number of pyridine rings is 1. The van der Waals surface area contributed by atoms with Crippen molar-refractivity contribution in [3.05, 3.63) is 18.2 Å². The first kappa shape index (κ1) is 12.6. The van der Waals surface area contributed by atoms with Crippen molar-refractivity contribution >= 4 is 17.6 Å². The molecule has 0 saturated heterocycles. The lowest BCUT2D eigenvalue weighted by atomic mass is 10.2. The highest BCUT2D eigenvalue weighted by molar-refractivity contribution is 7.99. The van der Waals surface area contributed by atoms with Crippen molar-refractivity contribution in [2.24, 2.45) is 0 Å². The Morgan fingerprint density at radius 1 is 1.47 bits per heavy atom. The van der Waals surface area contributed by atoms with Gasteiger partial charge in [0.2, 0.25) is 5.88 Å². The highest BCUT2D eigenvalue weighted by atomic mass is 32.2. The van der Waals surface area contributed by atoms with E-state index in [1.807, 2.05) is 18.2 Å². The van der Waals surface area contributed by atoms with E-state index in [-0.39, 0.29) is 0 Å². The summed E-state index contributed by atoms with van der Waals surface area (Å²) in [6, 6.07) is 6.42. The fourth-order valence-electron chi connectivity index (χ4n) is 2.28. The molecule has 3 nitrogen and oxygen atoms in total. The van der Waals surface area contributed by atoms with Gasteiger partial charge in [0.1, 0.15) is 5.82 Å². The van der Waals surface area contributed by atoms with Crippen LogP contribution in [-0.4, -0.2) is 29.1 Å². The second kappa shape index (κ2) is 6.15. The van der Waals surface area contributed by atoms with Crippen LogP contribution in [-0.2, 0) is 0 Å². The molecule has 0 spiro atoms. The van der Waals surface area contributed by atoms with Crippen LogP contribution in [0.2, 0.25) is 0 Å². The number of hydrogen-bond acceptors (Lipinski definition) is 4. The first-order chi connectivity index (χ1) is 8.31. The van der Waals surface area contributed by atoms with E-state index < -0.39 is 0 Å². The van der Waals surface area contributed by atoms with Crippen molar-refractivity contribution < 1.29 is 4.74 Å². The molecule has 0 aliphatic heterocycles. The first-order valence-corrected chi connectivity index (χ1v) is 7.26. The zero-order chi connectivity index (χ0) is 12.1. The summed E-state index contributed by atoms with van der Waals surface area (Å²) in [7, 11) is 1.65. The Bertz CT molecular complexity index is 359. The van der Waals surface area contributed by atoms with E-state index in [2.05, 4.69) is 29.0 Å². The van der Waals surface area contributed by atoms with Crippen molar-refractivity contribution in [1.29, 1.82) is 0 Å². The van der Waals surface area contributed by atoms with Crippen LogP contribution in [0.5, 0.6) is 5.88 Å². The largest absolute Gasteiger partial charge is 0.481 e. The van der Waals surface area contributed by atoms with E-state index >= 15 is 0 Å². The lowest BCUT2D eigenvalue weighted by Crippen LogP contribution is -2.16. The fourth-order valence-corrected chi connectivity index (χ4v) is 3.42. The minimum atomic E-state index is 0.568. The summed E-state index contributed by atoms with van der Waals surface area (Å²) in [6.45, 7) is 2.23. The molecule has 1 aromatic heterocycles. The van der Waals surface area contributed by atoms with Crippen molar-refractivity contribution in [2.45, 2.75) is 37.5 Å². The third-order valence-electron chi connectivity index (χ3n) is 3.07. The normalized spacial score (nSPS) is 23.6. The van der Waals surface area contributed by atoms with Crippen LogP contribution < -0.4 is 10.1 Å². The van der Waals surface area contributed by atoms with Crippen LogP contribution in [0, 0.1) is 0 Å². The SMILES string of the molecule is CCSC1CCC(Nc2cccc(OC)n2)C1. The average molecular weight is 252 g/mol. The van der Waals surface area contributed by atoms with Crippen molar-refractivity contribution in [1.82, 2.24) is 4.98 Å². The lowest BCUT2D eigenvalue weighted by molar-refractivity contribution is 0.398. The Hall–Kier alpha value is -0.900. The van der Waals surface area contributed by atoms with Gasteiger partial charge < -0.3 is 10.1 Å². The highest BCUT2D eigenvalue weighted by Gasteiger charge is 2.24. The number of nitrogens with zero attached hydrogens (tertiary/aromatic N) is 1. The molecular formula is C13H20N2OS. The number of nitrogens with one attached hydrogen (secondary N) is 1. The number of aromatic nitrogens is 1. The van der Waals surface area contributed by atoms with E-state index in [1.54, 1.807) is 7.11 Å². The van der Waals surface area contributed by atoms with Crippen molar-refractivity contribution in [3.63, 3.8) is 0 Å². The summed E-state index contributed by atoms with van der Waals surface area (Å²) in [5, 5.41) is 4.32. The molecule has 1 aromatic rings. The third kappa shape index (κ3) is 3.53. The molecule has 4 heteroatoms. The van der Waals surface area contributed by atoms with Crippen molar-refractivity contribution in [2.75, 3.05) is 18.2 Å². The number of thioether (sulfide) groups is 1. The van der Waals surface area contributed by atoms with Crippen LogP contribution in [0.4, 0.5) is 5.82 Å². The molecule has 1 aliphatic carbocycles. The van der Waals surface area contributed by atoms with Gasteiger partial charge in [0.25, 0.3) is 0 Å². The Balaban J connectivity index is 1.88. The zero-order valence-electron chi connectivity index (χ0n) is 10.5. The molecule has 0 aromatic carbocycles. The highest BCUT2D eigenvalue weighted by Crippen LogP contribution is 2.31. The molecule has 1 fully saturated rings. The van der Waals surface area contributed by atoms with E-state index in [4.69, 9.17) is 4.74 Å². The van der Waals surface area contributed by atoms with Crippen LogP contribution in [0.1, 0.15) is 26.2 Å². The summed E-state index contributed by atoms with van der Waals surface area (Å²) in [4.78, 5) is 4.39. The fraction of sp³-hybridized carbons (Fsp3) is 0.615. The van der Waals surface area contributed by atoms with Gasteiger partial charge in [0, 0.05) is 17.4 Å². The Morgan fingerprint density at radius 3 is 3.12 bits per heavy atom. The Labute approximate surface area is 107 Å². The summed E-state index contributed by atoms with van der Waals surface area (Å²) in [6.07, 6.45) is 3.81. The predicted octanol–water partition coefficient (Wildman–Crippen LogP) is 3.18. The number of hydrogen-bond donors (Lipinski definition) is 1. The quantitative estimate of drug-likeness (QED) is 0.872. The molecule has 0 amide bonds. The van der Waals surface area contributed by atoms with E-state index in [0.29, 0.717) is 11.9 Å². The molecule has 1 aliphatic rings. The van der Waals surface area contributed by atoms with Gasteiger partial charge in [-0.3, -0.25) is 0 Å². The molecule has 1 saturated carbocycles. The van der Waals surface area contributed by atoms with Crippen LogP contribution in [0.3, 0.4) is 0 Å². The van der Waals surface area contributed by atoms with Crippen LogP contribution in [0.25, 0.3) is 0 Å². The number of ether oxygens (including phenoxy) is 1. The topological polar surface area (TPSA) is 34.1 Å². The molecule has 1 heterocycles. The van der Waals surface area contributed by atoms with Crippen molar-refractivity contribution in [3.8, 4) is 5.88 Å². The summed E-state index contributed by atoms with van der Waals surface area (Å²) >= 11 is 2.08. The second-order valence-electron chi connectivity index (χ2n) is 4.30. The second-order valence-corrected chi connectivity index (χ2v) is 5.87. The van der Waals surface area contributed by atoms with Gasteiger partial charge in [0.15, 0.2) is 0 Å². The predicted molar refractivity (Wildman–Crippen MR) is 74.0 cm³/mol. The van der Waals surface area contributed by atoms with Gasteiger partial charge in [-0.15, -0.1) is 0 Å². The Morgan fingerprint density at radius 2 is 2.35 bits per heavy atom. The standard InChI is InChI=1S/C13H20N2OS/c1-3-17-11-8-7-10(9-11)14-12-5-4-6-13(15-12)16-2/h4-6,10-11H,3,7-9H2,1-2H3,(H,14,15). The van der Waals surface area contributed by atoms with E-state index in [0.717, 1.165) is 11.1 Å². The molecule has 0 bridgehead atoms. The van der Waals surface area contributed by atoms with Crippen LogP contribution in [0.15, 0.2) is 18.2 Å². The molecule has 1 N–H and O–H groups in total. The van der Waals surface area contributed by atoms with Gasteiger partial charge in [-0.25, -0.2) is 0 Å². The number of anilines is 1. The summed E-state index contributed by atoms with van der Waals surface area (Å²) in [5.41, 5.74) is 0. The van der Waals surface area contributed by atoms with Gasteiger partial charge in [-0.05, 0) is 31.1 Å². The minimum Gasteiger partial charge on any atom is -0.481 e. The maximum atomic E-state index is 5.12. The average Bonchev–Trinajstić information content (AvgIpc) is 2.77. The van der Waals surface area contributed by atoms with E-state index in [1.165, 1.54) is 25.0 Å². The van der Waals surface area contributed by atoms with Gasteiger partial charge in [-0.2, -0.15) is 16.7 Å². The minimum absolute atomic E-state index is 0.568. The molecule has 2 unspecified atom stereocenters. The monoisotopic (exact) mass is 252 g/mol. The molecule has 17 heavy (non-hydrogen) atoms. The first-order valence-electron chi connectivity index (χ1n) is 6.21. The molecule has 2 atom stereocenters. The molecular weight excluding hydrogens is 232 g/mol. The zero-order valence-corrected chi connectivity index (χ0v) is 11.3. The smallest absolute Gasteiger partial charge is 0.214 e.